The van der Waals surface area contributed by atoms with Gasteiger partial charge in [-0.1, -0.05) is 6.92 Å². The van der Waals surface area contributed by atoms with Gasteiger partial charge in [0.15, 0.2) is 0 Å². The van der Waals surface area contributed by atoms with E-state index >= 15 is 0 Å². The van der Waals surface area contributed by atoms with Crippen LogP contribution in [0.4, 0.5) is 9.59 Å². The minimum absolute atomic E-state index is 0.0618. The van der Waals surface area contributed by atoms with Crippen LogP contribution in [0.3, 0.4) is 0 Å². The highest BCUT2D eigenvalue weighted by molar-refractivity contribution is 5.69. The van der Waals surface area contributed by atoms with Gasteiger partial charge in [-0.25, -0.2) is 9.59 Å². The average Bonchev–Trinajstić information content (AvgIpc) is 2.31. The molecule has 0 bridgehead atoms. The Hall–Kier alpha value is -1.46. The predicted molar refractivity (Wildman–Crippen MR) is 87.4 cm³/mol. The van der Waals surface area contributed by atoms with E-state index in [0.717, 1.165) is 18.8 Å². The molecule has 1 heterocycles. The third-order valence-electron chi connectivity index (χ3n) is 4.92. The summed E-state index contributed by atoms with van der Waals surface area (Å²) in [7, 11) is 0. The summed E-state index contributed by atoms with van der Waals surface area (Å²) in [6.07, 6.45) is 2.76. The van der Waals surface area contributed by atoms with Crippen LogP contribution in [0.5, 0.6) is 0 Å². The maximum atomic E-state index is 12.6. The van der Waals surface area contributed by atoms with Crippen molar-refractivity contribution in [2.75, 3.05) is 6.54 Å². The van der Waals surface area contributed by atoms with E-state index in [4.69, 9.17) is 9.84 Å². The molecule has 2 N–H and O–H groups in total. The lowest BCUT2D eigenvalue weighted by Gasteiger charge is -2.56. The van der Waals surface area contributed by atoms with Gasteiger partial charge in [0.1, 0.15) is 5.60 Å². The molecule has 2 atom stereocenters. The number of ether oxygens (including phenoxy) is 1. The largest absolute Gasteiger partial charge is 0.465 e. The Morgan fingerprint density at radius 1 is 1.22 bits per heavy atom. The minimum Gasteiger partial charge on any atom is -0.465 e. The van der Waals surface area contributed by atoms with E-state index in [1.54, 1.807) is 4.90 Å². The lowest BCUT2D eigenvalue weighted by Crippen LogP contribution is -2.60. The van der Waals surface area contributed by atoms with E-state index in [9.17, 15) is 9.59 Å². The number of rotatable bonds is 2. The highest BCUT2D eigenvalue weighted by atomic mass is 16.6. The zero-order valence-corrected chi connectivity index (χ0v) is 14.9. The Morgan fingerprint density at radius 2 is 1.83 bits per heavy atom. The summed E-state index contributed by atoms with van der Waals surface area (Å²) < 4.78 is 5.54. The molecule has 0 radical (unpaired) electrons. The van der Waals surface area contributed by atoms with Gasteiger partial charge in [0.25, 0.3) is 0 Å². The molecule has 1 aliphatic heterocycles. The SMILES string of the molecule is CC1CC2(C1)CC(C)N(C(=O)OC(C)(C)C)C(CNC(=O)O)C2. The molecule has 0 aromatic rings. The summed E-state index contributed by atoms with van der Waals surface area (Å²) in [5, 5.41) is 11.4. The van der Waals surface area contributed by atoms with Crippen LogP contribution in [0.15, 0.2) is 0 Å². The monoisotopic (exact) mass is 326 g/mol. The van der Waals surface area contributed by atoms with Gasteiger partial charge in [-0.05, 0) is 64.7 Å². The number of carbonyl (C=O) groups excluding carboxylic acids is 1. The molecule has 1 aliphatic carbocycles. The van der Waals surface area contributed by atoms with E-state index in [1.807, 2.05) is 27.7 Å². The van der Waals surface area contributed by atoms with Crippen LogP contribution >= 0.6 is 0 Å². The standard InChI is InChI=1S/C17H30N2O4/c1-11-6-17(7-11)8-12(2)19(15(22)23-16(3,4)5)13(9-17)10-18-14(20)21/h11-13,18H,6-10H2,1-5H3,(H,20,21). The Kier molecular flexibility index (Phi) is 4.83. The molecule has 23 heavy (non-hydrogen) atoms. The second kappa shape index (κ2) is 6.21. The quantitative estimate of drug-likeness (QED) is 0.814. The molecule has 0 aromatic heterocycles. The van der Waals surface area contributed by atoms with Crippen molar-refractivity contribution >= 4 is 12.2 Å². The number of carboxylic acid groups (broad SMARTS) is 1. The third-order valence-corrected chi connectivity index (χ3v) is 4.92. The van der Waals surface area contributed by atoms with Crippen LogP contribution in [0.2, 0.25) is 0 Å². The smallest absolute Gasteiger partial charge is 0.410 e. The van der Waals surface area contributed by atoms with Crippen LogP contribution in [-0.2, 0) is 4.74 Å². The highest BCUT2D eigenvalue weighted by Crippen LogP contribution is 2.55. The summed E-state index contributed by atoms with van der Waals surface area (Å²) in [6.45, 7) is 10.1. The number of amides is 2. The van der Waals surface area contributed by atoms with Gasteiger partial charge >= 0.3 is 12.2 Å². The van der Waals surface area contributed by atoms with Crippen molar-refractivity contribution in [3.05, 3.63) is 0 Å². The fraction of sp³-hybridized carbons (Fsp3) is 0.882. The van der Waals surface area contributed by atoms with Gasteiger partial charge in [0.2, 0.25) is 0 Å². The molecule has 132 valence electrons. The molecule has 2 rings (SSSR count). The molecule has 2 fully saturated rings. The third kappa shape index (κ3) is 4.30. The lowest BCUT2D eigenvalue weighted by molar-refractivity contribution is -0.0672. The molecular formula is C17H30N2O4. The Bertz CT molecular complexity index is 466. The van der Waals surface area contributed by atoms with Crippen LogP contribution in [-0.4, -0.2) is 46.4 Å². The first-order valence-electron chi connectivity index (χ1n) is 8.49. The summed E-state index contributed by atoms with van der Waals surface area (Å²) in [5.41, 5.74) is -0.288. The maximum absolute atomic E-state index is 12.6. The van der Waals surface area contributed by atoms with Crippen molar-refractivity contribution in [1.29, 1.82) is 0 Å². The van der Waals surface area contributed by atoms with Crippen LogP contribution in [0.25, 0.3) is 0 Å². The summed E-state index contributed by atoms with van der Waals surface area (Å²) >= 11 is 0. The summed E-state index contributed by atoms with van der Waals surface area (Å²) in [5.74, 6) is 0.725. The topological polar surface area (TPSA) is 78.9 Å². The van der Waals surface area contributed by atoms with Crippen molar-refractivity contribution in [2.24, 2.45) is 11.3 Å². The van der Waals surface area contributed by atoms with E-state index in [0.29, 0.717) is 0 Å². The van der Waals surface area contributed by atoms with E-state index in [-0.39, 0.29) is 30.1 Å². The Labute approximate surface area is 138 Å². The van der Waals surface area contributed by atoms with Gasteiger partial charge in [-0.3, -0.25) is 0 Å². The van der Waals surface area contributed by atoms with Crippen molar-refractivity contribution < 1.29 is 19.4 Å². The number of hydrogen-bond donors (Lipinski definition) is 2. The lowest BCUT2D eigenvalue weighted by atomic mass is 9.55. The number of nitrogens with zero attached hydrogens (tertiary/aromatic N) is 1. The van der Waals surface area contributed by atoms with Gasteiger partial charge in [0, 0.05) is 12.6 Å². The molecule has 6 nitrogen and oxygen atoms in total. The van der Waals surface area contributed by atoms with Crippen LogP contribution < -0.4 is 5.32 Å². The molecule has 1 saturated carbocycles. The first kappa shape index (κ1) is 17.9. The fourth-order valence-corrected chi connectivity index (χ4v) is 4.54. The van der Waals surface area contributed by atoms with E-state index in [2.05, 4.69) is 12.2 Å². The number of carbonyl (C=O) groups is 2. The second-order valence-electron chi connectivity index (χ2n) is 8.50. The number of hydrogen-bond acceptors (Lipinski definition) is 3. The first-order chi connectivity index (χ1) is 10.5. The first-order valence-corrected chi connectivity index (χ1v) is 8.49. The number of piperidine rings is 1. The van der Waals surface area contributed by atoms with Crippen molar-refractivity contribution in [1.82, 2.24) is 10.2 Å². The molecule has 1 saturated heterocycles. The van der Waals surface area contributed by atoms with E-state index in [1.165, 1.54) is 12.8 Å². The zero-order chi connectivity index (χ0) is 17.4. The van der Waals surface area contributed by atoms with Crippen LogP contribution in [0, 0.1) is 11.3 Å². The fourth-order valence-electron chi connectivity index (χ4n) is 4.54. The molecule has 2 aliphatic rings. The average molecular weight is 326 g/mol. The summed E-state index contributed by atoms with van der Waals surface area (Å²) in [4.78, 5) is 25.2. The molecule has 2 amide bonds. The van der Waals surface area contributed by atoms with Crippen molar-refractivity contribution in [3.8, 4) is 0 Å². The van der Waals surface area contributed by atoms with E-state index < -0.39 is 11.7 Å². The van der Waals surface area contributed by atoms with Gasteiger partial charge in [-0.15, -0.1) is 0 Å². The van der Waals surface area contributed by atoms with Crippen molar-refractivity contribution in [3.63, 3.8) is 0 Å². The minimum atomic E-state index is -1.05. The van der Waals surface area contributed by atoms with Gasteiger partial charge < -0.3 is 20.1 Å². The molecule has 2 unspecified atom stereocenters. The van der Waals surface area contributed by atoms with Crippen molar-refractivity contribution in [2.45, 2.75) is 78.0 Å². The highest BCUT2D eigenvalue weighted by Gasteiger charge is 2.51. The zero-order valence-electron chi connectivity index (χ0n) is 14.9. The van der Waals surface area contributed by atoms with Gasteiger partial charge in [0.05, 0.1) is 6.04 Å². The van der Waals surface area contributed by atoms with Gasteiger partial charge in [-0.2, -0.15) is 0 Å². The molecule has 0 aromatic carbocycles. The summed E-state index contributed by atoms with van der Waals surface area (Å²) in [6, 6.07) is -0.0797. The molecular weight excluding hydrogens is 296 g/mol. The Balaban J connectivity index is 2.13. The number of nitrogens with one attached hydrogen (secondary N) is 1. The predicted octanol–water partition coefficient (Wildman–Crippen LogP) is 3.46. The normalized spacial score (nSPS) is 34.0. The maximum Gasteiger partial charge on any atom is 0.410 e. The second-order valence-corrected chi connectivity index (χ2v) is 8.50. The Morgan fingerprint density at radius 3 is 2.30 bits per heavy atom. The van der Waals surface area contributed by atoms with Crippen LogP contribution in [0.1, 0.15) is 60.3 Å². The number of likely N-dealkylation sites (tertiary alicyclic amines) is 1. The molecule has 6 heteroatoms. The molecule has 1 spiro atoms.